The molecule has 0 aliphatic carbocycles. The molecule has 0 aliphatic rings. The summed E-state index contributed by atoms with van der Waals surface area (Å²) in [7, 11) is 0. The fourth-order valence-corrected chi connectivity index (χ4v) is 3.48. The Morgan fingerprint density at radius 3 is 2.48 bits per heavy atom. The quantitative estimate of drug-likeness (QED) is 0.572. The van der Waals surface area contributed by atoms with Gasteiger partial charge in [-0.05, 0) is 61.5 Å². The number of hydrogen-bond donors (Lipinski definition) is 2. The molecule has 0 aliphatic heterocycles. The first kappa shape index (κ1) is 17.3. The average Bonchev–Trinajstić information content (AvgIpc) is 3.09. The van der Waals surface area contributed by atoms with Gasteiger partial charge in [-0.2, -0.15) is 5.10 Å². The Kier molecular flexibility index (Phi) is 4.43. The second-order valence-electron chi connectivity index (χ2n) is 6.49. The maximum atomic E-state index is 13.5. The topological polar surface area (TPSA) is 82.2 Å². The summed E-state index contributed by atoms with van der Waals surface area (Å²) in [5, 5.41) is 4.73. The van der Waals surface area contributed by atoms with E-state index in [0.717, 1.165) is 22.3 Å². The summed E-state index contributed by atoms with van der Waals surface area (Å²) in [4.78, 5) is 4.50. The van der Waals surface area contributed by atoms with Crippen molar-refractivity contribution in [2.24, 2.45) is 11.5 Å². The second kappa shape index (κ2) is 6.90. The van der Waals surface area contributed by atoms with Crippen LogP contribution in [0.5, 0.6) is 0 Å². The molecule has 6 heteroatoms. The largest absolute Gasteiger partial charge is 0.330 e. The van der Waals surface area contributed by atoms with Gasteiger partial charge in [0.15, 0.2) is 0 Å². The van der Waals surface area contributed by atoms with Crippen LogP contribution in [0.1, 0.15) is 17.7 Å². The summed E-state index contributed by atoms with van der Waals surface area (Å²) in [5.41, 5.74) is 15.9. The van der Waals surface area contributed by atoms with Crippen LogP contribution in [-0.2, 0) is 5.54 Å². The molecule has 3 heterocycles. The summed E-state index contributed by atoms with van der Waals surface area (Å²) in [6, 6.07) is 17.7. The first-order chi connectivity index (χ1) is 13.1. The van der Waals surface area contributed by atoms with E-state index in [9.17, 15) is 4.39 Å². The SMILES string of the molecule is NCCC(N)(c1ccccn1)c1c(-c2ccc(F)cc2)nn2ccccc12. The Morgan fingerprint density at radius 1 is 1.00 bits per heavy atom. The maximum Gasteiger partial charge on any atom is 0.123 e. The second-order valence-corrected chi connectivity index (χ2v) is 6.49. The number of hydrogen-bond acceptors (Lipinski definition) is 4. The lowest BCUT2D eigenvalue weighted by Crippen LogP contribution is -2.41. The number of benzene rings is 1. The number of fused-ring (bicyclic) bond motifs is 1. The van der Waals surface area contributed by atoms with Gasteiger partial charge < -0.3 is 11.5 Å². The van der Waals surface area contributed by atoms with Gasteiger partial charge in [0, 0.05) is 23.5 Å². The molecule has 1 unspecified atom stereocenters. The molecule has 0 radical (unpaired) electrons. The Labute approximate surface area is 156 Å². The van der Waals surface area contributed by atoms with Crippen molar-refractivity contribution in [3.05, 3.63) is 90.1 Å². The molecule has 0 amide bonds. The van der Waals surface area contributed by atoms with Gasteiger partial charge in [-0.3, -0.25) is 4.98 Å². The zero-order valence-electron chi connectivity index (χ0n) is 14.7. The molecule has 0 saturated carbocycles. The molecule has 3 aromatic heterocycles. The van der Waals surface area contributed by atoms with Gasteiger partial charge in [-0.15, -0.1) is 0 Å². The number of nitrogens with zero attached hydrogens (tertiary/aromatic N) is 3. The smallest absolute Gasteiger partial charge is 0.123 e. The van der Waals surface area contributed by atoms with E-state index in [1.807, 2.05) is 42.6 Å². The lowest BCUT2D eigenvalue weighted by Gasteiger charge is -2.29. The minimum absolute atomic E-state index is 0.297. The average molecular weight is 361 g/mol. The van der Waals surface area contributed by atoms with Crippen LogP contribution in [0.25, 0.3) is 16.8 Å². The molecule has 4 rings (SSSR count). The Balaban J connectivity index is 2.04. The molecule has 4 aromatic rings. The molecule has 136 valence electrons. The third-order valence-electron chi connectivity index (χ3n) is 4.76. The number of halogens is 1. The minimum atomic E-state index is -0.928. The van der Waals surface area contributed by atoms with Crippen LogP contribution in [0.15, 0.2) is 73.1 Å². The van der Waals surface area contributed by atoms with Crippen molar-refractivity contribution in [1.82, 2.24) is 14.6 Å². The summed E-state index contributed by atoms with van der Waals surface area (Å²) in [6.45, 7) is 0.389. The number of pyridine rings is 2. The molecule has 0 saturated heterocycles. The Bertz CT molecular complexity index is 1060. The van der Waals surface area contributed by atoms with Crippen molar-refractivity contribution in [2.75, 3.05) is 6.54 Å². The molecule has 0 bridgehead atoms. The lowest BCUT2D eigenvalue weighted by molar-refractivity contribution is 0.490. The van der Waals surface area contributed by atoms with Crippen molar-refractivity contribution >= 4 is 5.52 Å². The highest BCUT2D eigenvalue weighted by atomic mass is 19.1. The molecule has 27 heavy (non-hydrogen) atoms. The molecule has 0 fully saturated rings. The third-order valence-corrected chi connectivity index (χ3v) is 4.76. The van der Waals surface area contributed by atoms with E-state index in [0.29, 0.717) is 18.7 Å². The Hall–Kier alpha value is -3.09. The third kappa shape index (κ3) is 2.99. The van der Waals surface area contributed by atoms with Crippen LogP contribution in [0.4, 0.5) is 4.39 Å². The molecule has 0 spiro atoms. The monoisotopic (exact) mass is 361 g/mol. The zero-order valence-corrected chi connectivity index (χ0v) is 14.7. The van der Waals surface area contributed by atoms with Crippen LogP contribution < -0.4 is 11.5 Å². The van der Waals surface area contributed by atoms with E-state index in [4.69, 9.17) is 16.6 Å². The van der Waals surface area contributed by atoms with Gasteiger partial charge in [0.2, 0.25) is 0 Å². The van der Waals surface area contributed by atoms with Gasteiger partial charge in [0.05, 0.1) is 22.4 Å². The first-order valence-electron chi connectivity index (χ1n) is 8.78. The first-order valence-corrected chi connectivity index (χ1v) is 8.78. The van der Waals surface area contributed by atoms with Crippen LogP contribution in [0.3, 0.4) is 0 Å². The van der Waals surface area contributed by atoms with E-state index < -0.39 is 5.54 Å². The van der Waals surface area contributed by atoms with Crippen molar-refractivity contribution < 1.29 is 4.39 Å². The van der Waals surface area contributed by atoms with Crippen molar-refractivity contribution in [1.29, 1.82) is 0 Å². The fraction of sp³-hybridized carbons (Fsp3) is 0.143. The van der Waals surface area contributed by atoms with E-state index >= 15 is 0 Å². The van der Waals surface area contributed by atoms with Crippen LogP contribution >= 0.6 is 0 Å². The number of nitrogens with two attached hydrogens (primary N) is 2. The van der Waals surface area contributed by atoms with Gasteiger partial charge in [0.25, 0.3) is 0 Å². The molecule has 1 aromatic carbocycles. The molecular formula is C21H20FN5. The van der Waals surface area contributed by atoms with E-state index in [2.05, 4.69) is 4.98 Å². The van der Waals surface area contributed by atoms with E-state index in [-0.39, 0.29) is 5.82 Å². The van der Waals surface area contributed by atoms with Gasteiger partial charge in [-0.1, -0.05) is 12.1 Å². The highest BCUT2D eigenvalue weighted by Crippen LogP contribution is 2.38. The van der Waals surface area contributed by atoms with Gasteiger partial charge >= 0.3 is 0 Å². The summed E-state index contributed by atoms with van der Waals surface area (Å²) >= 11 is 0. The lowest BCUT2D eigenvalue weighted by atomic mass is 9.81. The predicted octanol–water partition coefficient (Wildman–Crippen LogP) is 3.09. The number of rotatable bonds is 5. The van der Waals surface area contributed by atoms with Gasteiger partial charge in [0.1, 0.15) is 5.82 Å². The molecule has 1 atom stereocenters. The maximum absolute atomic E-state index is 13.5. The zero-order chi connectivity index (χ0) is 18.9. The molecule has 4 N–H and O–H groups in total. The van der Waals surface area contributed by atoms with Crippen LogP contribution in [0, 0.1) is 5.82 Å². The number of aromatic nitrogens is 3. The van der Waals surface area contributed by atoms with Gasteiger partial charge in [-0.25, -0.2) is 8.91 Å². The molecule has 5 nitrogen and oxygen atoms in total. The van der Waals surface area contributed by atoms with E-state index in [1.165, 1.54) is 12.1 Å². The fourth-order valence-electron chi connectivity index (χ4n) is 3.48. The normalized spacial score (nSPS) is 13.6. The highest BCUT2D eigenvalue weighted by Gasteiger charge is 2.36. The Morgan fingerprint density at radius 2 is 1.78 bits per heavy atom. The standard InChI is InChI=1S/C21H20FN5/c22-16-9-7-15(8-10-16)20-19(17-5-2-4-14-27(17)26-20)21(24,11-12-23)18-6-1-3-13-25-18/h1-10,13-14H,11-12,23-24H2. The van der Waals surface area contributed by atoms with Crippen molar-refractivity contribution in [3.8, 4) is 11.3 Å². The predicted molar refractivity (Wildman–Crippen MR) is 103 cm³/mol. The summed E-state index contributed by atoms with van der Waals surface area (Å²) in [6.07, 6.45) is 4.08. The summed E-state index contributed by atoms with van der Waals surface area (Å²) < 4.78 is 15.2. The van der Waals surface area contributed by atoms with E-state index in [1.54, 1.807) is 22.8 Å². The summed E-state index contributed by atoms with van der Waals surface area (Å²) in [5.74, 6) is -0.297. The van der Waals surface area contributed by atoms with Crippen LogP contribution in [-0.4, -0.2) is 21.1 Å². The van der Waals surface area contributed by atoms with Crippen LogP contribution in [0.2, 0.25) is 0 Å². The van der Waals surface area contributed by atoms with Crippen molar-refractivity contribution in [2.45, 2.75) is 12.0 Å². The minimum Gasteiger partial charge on any atom is -0.330 e. The molecular weight excluding hydrogens is 341 g/mol. The van der Waals surface area contributed by atoms with Crippen molar-refractivity contribution in [3.63, 3.8) is 0 Å². The highest BCUT2D eigenvalue weighted by molar-refractivity contribution is 5.76.